The lowest BCUT2D eigenvalue weighted by molar-refractivity contribution is -0.151. The van der Waals surface area contributed by atoms with Crippen molar-refractivity contribution >= 4 is 48.9 Å². The molecule has 0 saturated carbocycles. The number of aliphatic hydroxyl groups excluding tert-OH is 1. The maximum absolute atomic E-state index is 13.2. The molecule has 1 aromatic carbocycles. The molecule has 2 aromatic rings. The Kier molecular flexibility index (Phi) is 10.6. The molecule has 0 aliphatic carbocycles. The van der Waals surface area contributed by atoms with E-state index < -0.39 is 48.1 Å². The van der Waals surface area contributed by atoms with Gasteiger partial charge in [0.15, 0.2) is 6.10 Å². The third-order valence-electron chi connectivity index (χ3n) is 6.38. The van der Waals surface area contributed by atoms with Crippen molar-refractivity contribution in [1.29, 1.82) is 0 Å². The number of carboxylic acids is 1. The molecule has 1 aromatic heterocycles. The first-order chi connectivity index (χ1) is 19.7. The molecule has 2 aliphatic heterocycles. The standard InChI is InChI=1S/C24H31N6O8PS2/c1-3-37-39(36,38-4-2)12-8-11-16(41-24-26-28-29-27-24)15-13-40-22-17(21(33)30(22)18(15)23(34)35)25-20(32)19(31)14-9-6-5-7-10-14/h5-7,9-10,16-17,19,22,31H,3-4,8,11-13H2,1-2H3,(H,25,32)(H,34,35)(H,26,27,28,29)/t16?,17-,19?,22+/m1/s1. The second-order valence-corrected chi connectivity index (χ2v) is 13.5. The van der Waals surface area contributed by atoms with Crippen LogP contribution in [0.4, 0.5) is 0 Å². The van der Waals surface area contributed by atoms with Crippen LogP contribution in [0.2, 0.25) is 0 Å². The summed E-state index contributed by atoms with van der Waals surface area (Å²) in [5.41, 5.74) is 0.680. The van der Waals surface area contributed by atoms with E-state index in [9.17, 15) is 29.2 Å². The number of aliphatic hydroxyl groups is 1. The Labute approximate surface area is 244 Å². The number of H-pyrrole nitrogens is 1. The first-order valence-electron chi connectivity index (χ1n) is 12.9. The highest BCUT2D eigenvalue weighted by atomic mass is 32.2. The highest BCUT2D eigenvalue weighted by molar-refractivity contribution is 8.01. The van der Waals surface area contributed by atoms with Crippen LogP contribution in [-0.2, 0) is 28.0 Å². The number of benzene rings is 1. The predicted octanol–water partition coefficient (Wildman–Crippen LogP) is 2.18. The molecule has 0 spiro atoms. The SMILES string of the molecule is CCOP(=O)(CCCC(Sc1nnn[nH]1)C1=C(C(=O)O)N2C(=O)[C@@H](NC(=O)C(O)c3ccccc3)[C@@H]2SC1)OCC. The number of hydrogen-bond donors (Lipinski definition) is 4. The van der Waals surface area contributed by atoms with Gasteiger partial charge in [-0.05, 0) is 48.3 Å². The lowest BCUT2D eigenvalue weighted by atomic mass is 9.99. The average molecular weight is 627 g/mol. The van der Waals surface area contributed by atoms with Gasteiger partial charge in [-0.15, -0.1) is 16.9 Å². The Balaban J connectivity index is 1.53. The topological polar surface area (TPSA) is 197 Å². The summed E-state index contributed by atoms with van der Waals surface area (Å²) in [7, 11) is -3.31. The number of tetrazole rings is 1. The van der Waals surface area contributed by atoms with Gasteiger partial charge < -0.3 is 24.6 Å². The molecule has 2 aliphatic rings. The number of aromatic amines is 1. The van der Waals surface area contributed by atoms with Gasteiger partial charge in [-0.1, -0.05) is 42.1 Å². The Morgan fingerprint density at radius 1 is 1.27 bits per heavy atom. The van der Waals surface area contributed by atoms with Gasteiger partial charge in [-0.3, -0.25) is 19.1 Å². The summed E-state index contributed by atoms with van der Waals surface area (Å²) in [5.74, 6) is -2.38. The van der Waals surface area contributed by atoms with Crippen LogP contribution in [0, 0.1) is 0 Å². The number of nitrogens with one attached hydrogen (secondary N) is 2. The molecule has 1 fully saturated rings. The minimum absolute atomic E-state index is 0.131. The number of β-lactam (4-membered cyclic amide) rings is 1. The van der Waals surface area contributed by atoms with Crippen molar-refractivity contribution in [3.05, 3.63) is 47.2 Å². The largest absolute Gasteiger partial charge is 0.477 e. The van der Waals surface area contributed by atoms with Crippen LogP contribution in [0.15, 0.2) is 46.8 Å². The molecule has 2 amide bonds. The van der Waals surface area contributed by atoms with Gasteiger partial charge in [-0.2, -0.15) is 0 Å². The molecule has 0 radical (unpaired) electrons. The second-order valence-electron chi connectivity index (χ2n) is 9.01. The summed E-state index contributed by atoms with van der Waals surface area (Å²) in [6, 6.07) is 7.30. The lowest BCUT2D eigenvalue weighted by Gasteiger charge is -2.50. The van der Waals surface area contributed by atoms with Crippen molar-refractivity contribution in [3.63, 3.8) is 0 Å². The van der Waals surface area contributed by atoms with Crippen molar-refractivity contribution < 1.29 is 38.2 Å². The van der Waals surface area contributed by atoms with Gasteiger partial charge in [0, 0.05) is 11.0 Å². The average Bonchev–Trinajstić information content (AvgIpc) is 3.48. The van der Waals surface area contributed by atoms with Crippen LogP contribution >= 0.6 is 31.1 Å². The lowest BCUT2D eigenvalue weighted by Crippen LogP contribution is -2.71. The van der Waals surface area contributed by atoms with Gasteiger partial charge in [0.25, 0.3) is 11.8 Å². The minimum atomic E-state index is -3.31. The summed E-state index contributed by atoms with van der Waals surface area (Å²) in [6.07, 6.45) is -0.590. The molecule has 17 heteroatoms. The van der Waals surface area contributed by atoms with Gasteiger partial charge in [0.2, 0.25) is 5.16 Å². The van der Waals surface area contributed by atoms with E-state index >= 15 is 0 Å². The van der Waals surface area contributed by atoms with E-state index in [1.807, 2.05) is 0 Å². The Morgan fingerprint density at radius 2 is 1.98 bits per heavy atom. The number of nitrogens with zero attached hydrogens (tertiary/aromatic N) is 4. The normalized spacial score (nSPS) is 20.3. The fraction of sp³-hybridized carbons (Fsp3) is 0.500. The first-order valence-corrected chi connectivity index (χ1v) is 16.6. The quantitative estimate of drug-likeness (QED) is 0.128. The highest BCUT2D eigenvalue weighted by Gasteiger charge is 2.55. The molecule has 2 unspecified atom stereocenters. The van der Waals surface area contributed by atoms with Crippen LogP contribution in [0.25, 0.3) is 0 Å². The summed E-state index contributed by atoms with van der Waals surface area (Å²) >= 11 is 2.51. The smallest absolute Gasteiger partial charge is 0.352 e. The van der Waals surface area contributed by atoms with Gasteiger partial charge in [0.05, 0.1) is 19.4 Å². The van der Waals surface area contributed by atoms with Crippen LogP contribution in [0.3, 0.4) is 0 Å². The molecule has 0 bridgehead atoms. The number of fused-ring (bicyclic) bond motifs is 1. The van der Waals surface area contributed by atoms with Crippen LogP contribution < -0.4 is 5.32 Å². The van der Waals surface area contributed by atoms with Crippen molar-refractivity contribution in [2.75, 3.05) is 25.1 Å². The number of hydrogen-bond acceptors (Lipinski definition) is 12. The van der Waals surface area contributed by atoms with E-state index in [0.29, 0.717) is 29.1 Å². The molecule has 4 N–H and O–H groups in total. The predicted molar refractivity (Wildman–Crippen MR) is 150 cm³/mol. The third kappa shape index (κ3) is 7.19. The van der Waals surface area contributed by atoms with Crippen molar-refractivity contribution in [3.8, 4) is 0 Å². The van der Waals surface area contributed by atoms with E-state index in [1.165, 1.54) is 28.4 Å². The van der Waals surface area contributed by atoms with Gasteiger partial charge in [0.1, 0.15) is 17.1 Å². The number of amides is 2. The fourth-order valence-electron chi connectivity index (χ4n) is 4.58. The molecule has 41 heavy (non-hydrogen) atoms. The monoisotopic (exact) mass is 626 g/mol. The maximum Gasteiger partial charge on any atom is 0.352 e. The molecule has 14 nitrogen and oxygen atoms in total. The van der Waals surface area contributed by atoms with E-state index in [2.05, 4.69) is 25.9 Å². The van der Waals surface area contributed by atoms with Gasteiger partial charge in [-0.25, -0.2) is 9.89 Å². The van der Waals surface area contributed by atoms with Crippen LogP contribution in [0.1, 0.15) is 38.4 Å². The molecule has 3 heterocycles. The number of carboxylic acid groups (broad SMARTS) is 1. The zero-order valence-electron chi connectivity index (χ0n) is 22.3. The Morgan fingerprint density at radius 3 is 2.59 bits per heavy atom. The number of aromatic nitrogens is 4. The number of carbonyl (C=O) groups is 3. The molecular formula is C24H31N6O8PS2. The van der Waals surface area contributed by atoms with E-state index in [1.54, 1.807) is 44.2 Å². The minimum Gasteiger partial charge on any atom is -0.477 e. The molecular weight excluding hydrogens is 595 g/mol. The van der Waals surface area contributed by atoms with Crippen LogP contribution in [-0.4, -0.2) is 95.3 Å². The third-order valence-corrected chi connectivity index (χ3v) is 11.1. The van der Waals surface area contributed by atoms with Gasteiger partial charge >= 0.3 is 13.6 Å². The van der Waals surface area contributed by atoms with Crippen molar-refractivity contribution in [2.24, 2.45) is 0 Å². The van der Waals surface area contributed by atoms with Crippen molar-refractivity contribution in [2.45, 2.75) is 54.6 Å². The molecule has 222 valence electrons. The molecule has 4 atom stereocenters. The Bertz CT molecular complexity index is 1300. The number of rotatable bonds is 15. The summed E-state index contributed by atoms with van der Waals surface area (Å²) < 4.78 is 23.7. The first kappa shape index (κ1) is 31.2. The molecule has 4 rings (SSSR count). The zero-order valence-corrected chi connectivity index (χ0v) is 24.9. The highest BCUT2D eigenvalue weighted by Crippen LogP contribution is 2.50. The van der Waals surface area contributed by atoms with E-state index in [0.717, 1.165) is 0 Å². The number of aliphatic carboxylic acids is 1. The number of carbonyl (C=O) groups excluding carboxylic acids is 2. The van der Waals surface area contributed by atoms with E-state index in [4.69, 9.17) is 9.05 Å². The Hall–Kier alpha value is -2.75. The maximum atomic E-state index is 13.2. The van der Waals surface area contributed by atoms with Crippen LogP contribution in [0.5, 0.6) is 0 Å². The summed E-state index contributed by atoms with van der Waals surface area (Å²) in [4.78, 5) is 39.5. The summed E-state index contributed by atoms with van der Waals surface area (Å²) in [5, 5.41) is 36.1. The molecule has 1 saturated heterocycles. The van der Waals surface area contributed by atoms with Crippen molar-refractivity contribution in [1.82, 2.24) is 30.8 Å². The fourth-order valence-corrected chi connectivity index (χ4v) is 8.86. The second kappa shape index (κ2) is 13.9. The van der Waals surface area contributed by atoms with E-state index in [-0.39, 0.29) is 30.8 Å². The zero-order chi connectivity index (χ0) is 29.6. The number of thioether (sulfide) groups is 2. The summed E-state index contributed by atoms with van der Waals surface area (Å²) in [6.45, 7) is 3.90.